The van der Waals surface area contributed by atoms with Crippen LogP contribution in [0.15, 0.2) is 66.7 Å². The highest BCUT2D eigenvalue weighted by molar-refractivity contribution is 7.80. The van der Waals surface area contributed by atoms with Gasteiger partial charge in [-0.15, -0.1) is 0 Å². The summed E-state index contributed by atoms with van der Waals surface area (Å²) in [5.41, 5.74) is 6.68. The van der Waals surface area contributed by atoms with Crippen LogP contribution in [0, 0.1) is 0 Å². The first kappa shape index (κ1) is 13.0. The molecule has 0 unspecified atom stereocenters. The van der Waals surface area contributed by atoms with Gasteiger partial charge in [0.1, 0.15) is 0 Å². The Morgan fingerprint density at radius 1 is 0.773 bits per heavy atom. The van der Waals surface area contributed by atoms with Crippen LogP contribution in [0.5, 0.6) is 0 Å². The second-order valence-corrected chi connectivity index (χ2v) is 5.78. The number of hydrogen-bond acceptors (Lipinski definition) is 1. The number of nitrogens with two attached hydrogens (primary N) is 1. The summed E-state index contributed by atoms with van der Waals surface area (Å²) >= 11 is 5.05. The van der Waals surface area contributed by atoms with Crippen LogP contribution in [-0.2, 0) is 0 Å². The van der Waals surface area contributed by atoms with Gasteiger partial charge in [0.15, 0.2) is 5.11 Å². The zero-order valence-electron chi connectivity index (χ0n) is 11.8. The second-order valence-electron chi connectivity index (χ2n) is 5.34. The fourth-order valence-corrected chi connectivity index (χ4v) is 3.22. The fourth-order valence-electron chi connectivity index (χ4n) is 3.11. The predicted molar refractivity (Wildman–Crippen MR) is 99.4 cm³/mol. The highest BCUT2D eigenvalue weighted by Crippen LogP contribution is 2.36. The lowest BCUT2D eigenvalue weighted by atomic mass is 9.95. The maximum atomic E-state index is 5.72. The maximum Gasteiger partial charge on any atom is 0.168 e. The predicted octanol–water partition coefficient (Wildman–Crippen LogP) is 4.80. The van der Waals surface area contributed by atoms with Crippen molar-refractivity contribution in [1.82, 2.24) is 0 Å². The molecule has 0 aromatic heterocycles. The smallest absolute Gasteiger partial charge is 0.168 e. The van der Waals surface area contributed by atoms with Gasteiger partial charge >= 0.3 is 0 Å². The Labute approximate surface area is 133 Å². The van der Waals surface area contributed by atoms with E-state index in [1.807, 2.05) is 6.07 Å². The Kier molecular flexibility index (Phi) is 2.94. The molecule has 4 rings (SSSR count). The molecule has 0 spiro atoms. The minimum absolute atomic E-state index is 0.282. The van der Waals surface area contributed by atoms with Crippen LogP contribution in [0.3, 0.4) is 0 Å². The quantitative estimate of drug-likeness (QED) is 0.392. The van der Waals surface area contributed by atoms with E-state index in [1.54, 1.807) is 0 Å². The first-order valence-electron chi connectivity index (χ1n) is 7.14. The Morgan fingerprint density at radius 2 is 1.45 bits per heavy atom. The van der Waals surface area contributed by atoms with Gasteiger partial charge in [-0.05, 0) is 45.2 Å². The first-order valence-corrected chi connectivity index (χ1v) is 7.54. The number of anilines is 1. The van der Waals surface area contributed by atoms with Crippen LogP contribution in [0.4, 0.5) is 5.69 Å². The zero-order chi connectivity index (χ0) is 15.1. The van der Waals surface area contributed by atoms with E-state index >= 15 is 0 Å². The van der Waals surface area contributed by atoms with Gasteiger partial charge in [-0.3, -0.25) is 0 Å². The molecule has 0 radical (unpaired) electrons. The van der Waals surface area contributed by atoms with Gasteiger partial charge in [0.05, 0.1) is 0 Å². The van der Waals surface area contributed by atoms with Crippen molar-refractivity contribution < 1.29 is 0 Å². The van der Waals surface area contributed by atoms with Gasteiger partial charge in [0, 0.05) is 11.1 Å². The summed E-state index contributed by atoms with van der Waals surface area (Å²) in [6.07, 6.45) is 0. The molecule has 0 bridgehead atoms. The Balaban J connectivity index is 2.25. The number of fused-ring (bicyclic) bond motifs is 5. The van der Waals surface area contributed by atoms with E-state index in [1.165, 1.54) is 26.9 Å². The third-order valence-electron chi connectivity index (χ3n) is 4.01. The normalized spacial score (nSPS) is 11.1. The van der Waals surface area contributed by atoms with Crippen molar-refractivity contribution in [3.8, 4) is 0 Å². The molecule has 0 amide bonds. The molecule has 22 heavy (non-hydrogen) atoms. The van der Waals surface area contributed by atoms with E-state index in [9.17, 15) is 0 Å². The second kappa shape index (κ2) is 4.97. The molecule has 4 aromatic rings. The van der Waals surface area contributed by atoms with E-state index in [-0.39, 0.29) is 5.11 Å². The highest BCUT2D eigenvalue weighted by atomic mass is 32.1. The van der Waals surface area contributed by atoms with Crippen molar-refractivity contribution in [3.05, 3.63) is 66.7 Å². The van der Waals surface area contributed by atoms with Crippen LogP contribution in [0.25, 0.3) is 32.3 Å². The van der Waals surface area contributed by atoms with Crippen molar-refractivity contribution in [2.24, 2.45) is 5.73 Å². The SMILES string of the molecule is NC(=S)Nc1cc2ccccc2c2ccc3ccccc3c12. The largest absolute Gasteiger partial charge is 0.376 e. The Morgan fingerprint density at radius 3 is 2.23 bits per heavy atom. The van der Waals surface area contributed by atoms with Gasteiger partial charge < -0.3 is 11.1 Å². The molecule has 0 saturated carbocycles. The minimum atomic E-state index is 0.282. The van der Waals surface area contributed by atoms with Crippen LogP contribution in [0.2, 0.25) is 0 Å². The summed E-state index contributed by atoms with van der Waals surface area (Å²) in [6, 6.07) is 23.2. The van der Waals surface area contributed by atoms with Gasteiger partial charge in [0.25, 0.3) is 0 Å². The number of hydrogen-bond donors (Lipinski definition) is 2. The molecule has 106 valence electrons. The molecule has 0 aliphatic heterocycles. The van der Waals surface area contributed by atoms with Crippen LogP contribution < -0.4 is 11.1 Å². The Hall–Kier alpha value is -2.65. The van der Waals surface area contributed by atoms with E-state index in [2.05, 4.69) is 66.0 Å². The average Bonchev–Trinajstić information content (AvgIpc) is 2.54. The van der Waals surface area contributed by atoms with Crippen LogP contribution >= 0.6 is 12.2 Å². The molecule has 0 aliphatic carbocycles. The van der Waals surface area contributed by atoms with E-state index < -0.39 is 0 Å². The van der Waals surface area contributed by atoms with E-state index in [0.717, 1.165) is 11.1 Å². The van der Waals surface area contributed by atoms with Gasteiger partial charge in [0.2, 0.25) is 0 Å². The maximum absolute atomic E-state index is 5.72. The fraction of sp³-hybridized carbons (Fsp3) is 0. The van der Waals surface area contributed by atoms with E-state index in [0.29, 0.717) is 0 Å². The molecule has 0 heterocycles. The molecule has 3 heteroatoms. The van der Waals surface area contributed by atoms with Crippen molar-refractivity contribution >= 4 is 55.3 Å². The monoisotopic (exact) mass is 302 g/mol. The summed E-state index contributed by atoms with van der Waals surface area (Å²) in [4.78, 5) is 0. The molecule has 0 saturated heterocycles. The summed E-state index contributed by atoms with van der Waals surface area (Å²) in [5, 5.41) is 10.6. The number of thiocarbonyl (C=S) groups is 1. The molecule has 3 N–H and O–H groups in total. The molecule has 0 fully saturated rings. The summed E-state index contributed by atoms with van der Waals surface area (Å²) < 4.78 is 0. The van der Waals surface area contributed by atoms with Gasteiger partial charge in [-0.2, -0.15) is 0 Å². The van der Waals surface area contributed by atoms with E-state index in [4.69, 9.17) is 18.0 Å². The molecule has 0 aliphatic rings. The zero-order valence-corrected chi connectivity index (χ0v) is 12.7. The lowest BCUT2D eigenvalue weighted by Gasteiger charge is -2.14. The summed E-state index contributed by atoms with van der Waals surface area (Å²) in [7, 11) is 0. The number of benzene rings is 4. The summed E-state index contributed by atoms with van der Waals surface area (Å²) in [5.74, 6) is 0. The van der Waals surface area contributed by atoms with Crippen molar-refractivity contribution in [3.63, 3.8) is 0 Å². The molecular formula is C19H14N2S. The molecule has 0 atom stereocenters. The van der Waals surface area contributed by atoms with Crippen LogP contribution in [-0.4, -0.2) is 5.11 Å². The lowest BCUT2D eigenvalue weighted by molar-refractivity contribution is 1.67. The third-order valence-corrected chi connectivity index (χ3v) is 4.11. The highest BCUT2D eigenvalue weighted by Gasteiger charge is 2.10. The standard InChI is InChI=1S/C19H14N2S/c20-19(22)21-17-11-13-6-2-3-7-14(13)16-10-9-12-5-1-4-8-15(12)18(16)17/h1-11H,(H3,20,21,22). The van der Waals surface area contributed by atoms with Gasteiger partial charge in [-0.25, -0.2) is 0 Å². The average molecular weight is 302 g/mol. The molecular weight excluding hydrogens is 288 g/mol. The van der Waals surface area contributed by atoms with Crippen molar-refractivity contribution in [1.29, 1.82) is 0 Å². The lowest BCUT2D eigenvalue weighted by Crippen LogP contribution is -2.19. The summed E-state index contributed by atoms with van der Waals surface area (Å²) in [6.45, 7) is 0. The Bertz CT molecular complexity index is 1040. The van der Waals surface area contributed by atoms with Gasteiger partial charge in [-0.1, -0.05) is 60.7 Å². The van der Waals surface area contributed by atoms with Crippen molar-refractivity contribution in [2.75, 3.05) is 5.32 Å². The first-order chi connectivity index (χ1) is 10.7. The topological polar surface area (TPSA) is 38.0 Å². The molecule has 2 nitrogen and oxygen atoms in total. The molecule has 4 aromatic carbocycles. The van der Waals surface area contributed by atoms with Crippen LogP contribution in [0.1, 0.15) is 0 Å². The number of nitrogens with one attached hydrogen (secondary N) is 1. The number of rotatable bonds is 1. The third kappa shape index (κ3) is 1.98. The minimum Gasteiger partial charge on any atom is -0.376 e. The van der Waals surface area contributed by atoms with Crippen molar-refractivity contribution in [2.45, 2.75) is 0 Å².